The Hall–Kier alpha value is -1.51. The largest absolute Gasteiger partial charge is 0.494 e. The third-order valence-corrected chi connectivity index (χ3v) is 8.45. The number of esters is 1. The van der Waals surface area contributed by atoms with Crippen LogP contribution in [0.2, 0.25) is 0 Å². The second-order valence-corrected chi connectivity index (χ2v) is 10.9. The van der Waals surface area contributed by atoms with Crippen molar-refractivity contribution in [2.45, 2.75) is 129 Å². The molecule has 1 aromatic rings. The van der Waals surface area contributed by atoms with E-state index < -0.39 is 0 Å². The van der Waals surface area contributed by atoms with Crippen LogP contribution in [0.5, 0.6) is 11.5 Å². The zero-order chi connectivity index (χ0) is 23.4. The molecule has 0 spiro atoms. The van der Waals surface area contributed by atoms with Crippen LogP contribution >= 0.6 is 0 Å². The van der Waals surface area contributed by atoms with E-state index in [0.29, 0.717) is 11.2 Å². The highest BCUT2D eigenvalue weighted by Crippen LogP contribution is 2.59. The summed E-state index contributed by atoms with van der Waals surface area (Å²) >= 11 is 0. The number of carbonyl (C=O) groups is 1. The number of ether oxygens (including phenoxy) is 2. The number of hydrogen-bond acceptors (Lipinski definition) is 3. The number of hydrogen-bond donors (Lipinski definition) is 0. The molecule has 3 nitrogen and oxygen atoms in total. The molecule has 0 unspecified atom stereocenters. The van der Waals surface area contributed by atoms with Gasteiger partial charge in [0.15, 0.2) is 0 Å². The molecular weight excluding hydrogens is 408 g/mol. The Balaban J connectivity index is 1.34. The van der Waals surface area contributed by atoms with Crippen LogP contribution in [-0.2, 0) is 4.79 Å². The van der Waals surface area contributed by atoms with Crippen LogP contribution in [0.25, 0.3) is 0 Å². The SMILES string of the molecule is CCCCCCCCCCOc1ccc(OC(=O)C23CCC(CCCCC)(CC2)CC3)cc1. The molecule has 4 rings (SSSR count). The first-order valence-electron chi connectivity index (χ1n) is 14.1. The van der Waals surface area contributed by atoms with E-state index in [2.05, 4.69) is 13.8 Å². The first-order chi connectivity index (χ1) is 16.1. The second kappa shape index (κ2) is 13.4. The lowest BCUT2D eigenvalue weighted by molar-refractivity contribution is -0.156. The molecule has 0 heterocycles. The lowest BCUT2D eigenvalue weighted by atomic mass is 9.52. The summed E-state index contributed by atoms with van der Waals surface area (Å²) in [7, 11) is 0. The number of rotatable bonds is 16. The second-order valence-electron chi connectivity index (χ2n) is 10.9. The first kappa shape index (κ1) is 26.1. The fourth-order valence-corrected chi connectivity index (χ4v) is 5.94. The van der Waals surface area contributed by atoms with Gasteiger partial charge in [-0.15, -0.1) is 0 Å². The van der Waals surface area contributed by atoms with Crippen molar-refractivity contribution < 1.29 is 14.3 Å². The minimum Gasteiger partial charge on any atom is -0.494 e. The lowest BCUT2D eigenvalue weighted by Crippen LogP contribution is -2.47. The van der Waals surface area contributed by atoms with Gasteiger partial charge in [0.1, 0.15) is 11.5 Å². The zero-order valence-electron chi connectivity index (χ0n) is 21.5. The summed E-state index contributed by atoms with van der Waals surface area (Å²) in [5.74, 6) is 1.51. The molecule has 0 N–H and O–H groups in total. The Morgan fingerprint density at radius 3 is 1.82 bits per heavy atom. The quantitative estimate of drug-likeness (QED) is 0.141. The van der Waals surface area contributed by atoms with Crippen LogP contribution < -0.4 is 9.47 Å². The normalized spacial score (nSPS) is 24.1. The molecule has 3 fully saturated rings. The Morgan fingerprint density at radius 2 is 1.21 bits per heavy atom. The summed E-state index contributed by atoms with van der Waals surface area (Å²) in [5.41, 5.74) is 0.281. The van der Waals surface area contributed by atoms with E-state index >= 15 is 0 Å². The molecule has 1 aromatic carbocycles. The number of benzene rings is 1. The summed E-state index contributed by atoms with van der Waals surface area (Å²) in [4.78, 5) is 13.1. The molecule has 3 saturated carbocycles. The smallest absolute Gasteiger partial charge is 0.317 e. The Morgan fingerprint density at radius 1 is 0.697 bits per heavy atom. The van der Waals surface area contributed by atoms with E-state index in [1.807, 2.05) is 24.3 Å². The van der Waals surface area contributed by atoms with E-state index in [0.717, 1.165) is 38.0 Å². The minimum absolute atomic E-state index is 0.00281. The maximum atomic E-state index is 13.1. The molecule has 186 valence electrons. The topological polar surface area (TPSA) is 35.5 Å². The van der Waals surface area contributed by atoms with Crippen LogP contribution in [0.1, 0.15) is 129 Å². The molecule has 33 heavy (non-hydrogen) atoms. The third kappa shape index (κ3) is 7.76. The maximum absolute atomic E-state index is 13.1. The number of carbonyl (C=O) groups excluding carboxylic acids is 1. The van der Waals surface area contributed by atoms with E-state index in [1.54, 1.807) is 0 Å². The van der Waals surface area contributed by atoms with Gasteiger partial charge in [0, 0.05) is 0 Å². The lowest BCUT2D eigenvalue weighted by Gasteiger charge is -2.52. The molecule has 0 saturated heterocycles. The summed E-state index contributed by atoms with van der Waals surface area (Å²) in [6, 6.07) is 7.65. The van der Waals surface area contributed by atoms with E-state index in [1.165, 1.54) is 89.9 Å². The van der Waals surface area contributed by atoms with Crippen molar-refractivity contribution >= 4 is 5.97 Å². The standard InChI is InChI=1S/C30H48O3/c1-3-5-7-8-9-10-11-13-25-32-26-14-16-27(17-15-26)33-28(31)30-22-19-29(20-23-30,21-24-30)18-12-6-4-2/h14-17H,3-13,18-25H2,1-2H3. The van der Waals surface area contributed by atoms with Crippen molar-refractivity contribution in [2.24, 2.45) is 10.8 Å². The van der Waals surface area contributed by atoms with Gasteiger partial charge in [0.25, 0.3) is 0 Å². The number of unbranched alkanes of at least 4 members (excludes halogenated alkanes) is 9. The monoisotopic (exact) mass is 456 g/mol. The predicted octanol–water partition coefficient (Wildman–Crippen LogP) is 9.03. The van der Waals surface area contributed by atoms with Crippen LogP contribution in [0, 0.1) is 10.8 Å². The average molecular weight is 457 g/mol. The van der Waals surface area contributed by atoms with E-state index in [-0.39, 0.29) is 11.4 Å². The molecule has 0 aromatic heterocycles. The Kier molecular flexibility index (Phi) is 10.6. The predicted molar refractivity (Wildman–Crippen MR) is 137 cm³/mol. The van der Waals surface area contributed by atoms with Gasteiger partial charge in [0.05, 0.1) is 12.0 Å². The van der Waals surface area contributed by atoms with Gasteiger partial charge in [-0.2, -0.15) is 0 Å². The summed E-state index contributed by atoms with van der Waals surface area (Å²) in [6.45, 7) is 5.30. The summed E-state index contributed by atoms with van der Waals surface area (Å²) in [6.07, 6.45) is 22.4. The molecule has 0 amide bonds. The molecule has 0 radical (unpaired) electrons. The van der Waals surface area contributed by atoms with E-state index in [4.69, 9.17) is 9.47 Å². The fraction of sp³-hybridized carbons (Fsp3) is 0.767. The molecule has 3 aliphatic carbocycles. The number of fused-ring (bicyclic) bond motifs is 3. The van der Waals surface area contributed by atoms with Gasteiger partial charge in [-0.25, -0.2) is 0 Å². The molecule has 3 heteroatoms. The summed E-state index contributed by atoms with van der Waals surface area (Å²) < 4.78 is 11.7. The highest BCUT2D eigenvalue weighted by atomic mass is 16.5. The van der Waals surface area contributed by atoms with Gasteiger partial charge in [-0.05, 0) is 81.0 Å². The van der Waals surface area contributed by atoms with Gasteiger partial charge in [0.2, 0.25) is 0 Å². The fourth-order valence-electron chi connectivity index (χ4n) is 5.94. The molecule has 0 aliphatic heterocycles. The zero-order valence-corrected chi connectivity index (χ0v) is 21.5. The van der Waals surface area contributed by atoms with Crippen molar-refractivity contribution in [2.75, 3.05) is 6.61 Å². The van der Waals surface area contributed by atoms with Gasteiger partial charge in [-0.1, -0.05) is 78.1 Å². The third-order valence-electron chi connectivity index (χ3n) is 8.45. The summed E-state index contributed by atoms with van der Waals surface area (Å²) in [5, 5.41) is 0. The maximum Gasteiger partial charge on any atom is 0.317 e. The van der Waals surface area contributed by atoms with Crippen LogP contribution in [0.4, 0.5) is 0 Å². The van der Waals surface area contributed by atoms with Crippen LogP contribution in [0.3, 0.4) is 0 Å². The van der Waals surface area contributed by atoms with Crippen LogP contribution in [-0.4, -0.2) is 12.6 Å². The first-order valence-corrected chi connectivity index (χ1v) is 14.1. The van der Waals surface area contributed by atoms with Gasteiger partial charge < -0.3 is 9.47 Å². The minimum atomic E-state index is -0.238. The van der Waals surface area contributed by atoms with Crippen molar-refractivity contribution in [3.05, 3.63) is 24.3 Å². The van der Waals surface area contributed by atoms with Gasteiger partial charge in [-0.3, -0.25) is 4.79 Å². The highest BCUT2D eigenvalue weighted by molar-refractivity contribution is 5.79. The Labute approximate surface area is 203 Å². The van der Waals surface area contributed by atoms with Crippen molar-refractivity contribution in [1.82, 2.24) is 0 Å². The van der Waals surface area contributed by atoms with Crippen molar-refractivity contribution in [3.63, 3.8) is 0 Å². The van der Waals surface area contributed by atoms with Crippen molar-refractivity contribution in [1.29, 1.82) is 0 Å². The molecule has 0 atom stereocenters. The van der Waals surface area contributed by atoms with Crippen molar-refractivity contribution in [3.8, 4) is 11.5 Å². The molecule has 3 aliphatic rings. The molecule has 2 bridgehead atoms. The molecular formula is C30H48O3. The highest BCUT2D eigenvalue weighted by Gasteiger charge is 2.52. The Bertz CT molecular complexity index is 668. The average Bonchev–Trinajstić information content (AvgIpc) is 2.85. The van der Waals surface area contributed by atoms with E-state index in [9.17, 15) is 4.79 Å². The van der Waals surface area contributed by atoms with Crippen LogP contribution in [0.15, 0.2) is 24.3 Å². The van der Waals surface area contributed by atoms with Gasteiger partial charge >= 0.3 is 5.97 Å².